The standard InChI is InChI=1S/C10H9N3O/c11-5-1-3-8-7-12-13-10(8)9-4-2-6-14-9/h2,4,6-7H,1,3H2,(H,12,13). The van der Waals surface area contributed by atoms with Crippen molar-refractivity contribution in [1.29, 1.82) is 5.26 Å². The first-order valence-electron chi connectivity index (χ1n) is 4.35. The predicted molar refractivity (Wildman–Crippen MR) is 50.2 cm³/mol. The van der Waals surface area contributed by atoms with Gasteiger partial charge in [0.2, 0.25) is 0 Å². The van der Waals surface area contributed by atoms with E-state index in [0.29, 0.717) is 12.8 Å². The fourth-order valence-electron chi connectivity index (χ4n) is 1.33. The molecule has 2 heterocycles. The Kier molecular flexibility index (Phi) is 2.32. The van der Waals surface area contributed by atoms with Gasteiger partial charge in [0.1, 0.15) is 5.69 Å². The minimum absolute atomic E-state index is 0.493. The van der Waals surface area contributed by atoms with E-state index in [0.717, 1.165) is 17.0 Å². The molecule has 2 aromatic heterocycles. The predicted octanol–water partition coefficient (Wildman–Crippen LogP) is 2.13. The molecule has 0 atom stereocenters. The summed E-state index contributed by atoms with van der Waals surface area (Å²) in [7, 11) is 0. The monoisotopic (exact) mass is 187 g/mol. The van der Waals surface area contributed by atoms with Crippen LogP contribution in [0, 0.1) is 11.3 Å². The van der Waals surface area contributed by atoms with Crippen LogP contribution >= 0.6 is 0 Å². The van der Waals surface area contributed by atoms with Crippen LogP contribution in [0.2, 0.25) is 0 Å². The summed E-state index contributed by atoms with van der Waals surface area (Å²) in [6, 6.07) is 5.79. The Hall–Kier alpha value is -2.02. The van der Waals surface area contributed by atoms with Crippen LogP contribution in [0.5, 0.6) is 0 Å². The van der Waals surface area contributed by atoms with Gasteiger partial charge in [0, 0.05) is 12.0 Å². The van der Waals surface area contributed by atoms with Crippen LogP contribution in [0.4, 0.5) is 0 Å². The smallest absolute Gasteiger partial charge is 0.151 e. The maximum Gasteiger partial charge on any atom is 0.151 e. The number of hydrogen-bond donors (Lipinski definition) is 1. The highest BCUT2D eigenvalue weighted by Gasteiger charge is 2.08. The van der Waals surface area contributed by atoms with Gasteiger partial charge in [-0.2, -0.15) is 10.4 Å². The molecular formula is C10H9N3O. The second-order valence-corrected chi connectivity index (χ2v) is 2.91. The van der Waals surface area contributed by atoms with Gasteiger partial charge in [-0.3, -0.25) is 5.10 Å². The van der Waals surface area contributed by atoms with Crippen molar-refractivity contribution in [1.82, 2.24) is 10.2 Å². The number of aryl methyl sites for hydroxylation is 1. The van der Waals surface area contributed by atoms with Gasteiger partial charge in [-0.25, -0.2) is 0 Å². The van der Waals surface area contributed by atoms with E-state index in [1.165, 1.54) is 0 Å². The van der Waals surface area contributed by atoms with Crippen LogP contribution in [0.25, 0.3) is 11.5 Å². The van der Waals surface area contributed by atoms with Gasteiger partial charge in [0.05, 0.1) is 18.5 Å². The Labute approximate surface area is 81.2 Å². The Bertz CT molecular complexity index is 436. The molecule has 0 aliphatic carbocycles. The molecule has 1 N–H and O–H groups in total. The Morgan fingerprint density at radius 3 is 3.21 bits per heavy atom. The van der Waals surface area contributed by atoms with E-state index < -0.39 is 0 Å². The quantitative estimate of drug-likeness (QED) is 0.800. The molecule has 0 fully saturated rings. The third-order valence-corrected chi connectivity index (χ3v) is 1.99. The number of rotatable bonds is 3. The number of hydrogen-bond acceptors (Lipinski definition) is 3. The van der Waals surface area contributed by atoms with Gasteiger partial charge in [0.15, 0.2) is 5.76 Å². The maximum absolute atomic E-state index is 8.48. The van der Waals surface area contributed by atoms with Crippen molar-refractivity contribution in [2.75, 3.05) is 0 Å². The second kappa shape index (κ2) is 3.79. The van der Waals surface area contributed by atoms with Crippen LogP contribution in [-0.4, -0.2) is 10.2 Å². The first kappa shape index (κ1) is 8.57. The lowest BCUT2D eigenvalue weighted by molar-refractivity contribution is 0.579. The highest BCUT2D eigenvalue weighted by molar-refractivity contribution is 5.56. The number of nitriles is 1. The lowest BCUT2D eigenvalue weighted by atomic mass is 10.1. The van der Waals surface area contributed by atoms with Gasteiger partial charge in [-0.05, 0) is 18.6 Å². The molecule has 0 unspecified atom stereocenters. The molecule has 0 spiro atoms. The zero-order chi connectivity index (χ0) is 9.80. The first-order chi connectivity index (χ1) is 6.92. The SMILES string of the molecule is N#CCCc1cn[nH]c1-c1ccco1. The van der Waals surface area contributed by atoms with Gasteiger partial charge < -0.3 is 4.42 Å². The zero-order valence-corrected chi connectivity index (χ0v) is 7.53. The molecule has 0 amide bonds. The number of nitrogens with zero attached hydrogens (tertiary/aromatic N) is 2. The summed E-state index contributed by atoms with van der Waals surface area (Å²) in [5.74, 6) is 0.760. The van der Waals surface area contributed by atoms with Crippen molar-refractivity contribution in [3.05, 3.63) is 30.2 Å². The van der Waals surface area contributed by atoms with E-state index in [9.17, 15) is 0 Å². The summed E-state index contributed by atoms with van der Waals surface area (Å²) in [5.41, 5.74) is 1.88. The number of aromatic amines is 1. The molecule has 4 nitrogen and oxygen atoms in total. The molecular weight excluding hydrogens is 178 g/mol. The maximum atomic E-state index is 8.48. The van der Waals surface area contributed by atoms with Crippen molar-refractivity contribution < 1.29 is 4.42 Å². The summed E-state index contributed by atoms with van der Waals surface area (Å²) < 4.78 is 5.24. The molecule has 70 valence electrons. The van der Waals surface area contributed by atoms with Gasteiger partial charge >= 0.3 is 0 Å². The summed E-state index contributed by atoms with van der Waals surface area (Å²) in [5, 5.41) is 15.3. The minimum Gasteiger partial charge on any atom is -0.463 e. The normalized spacial score (nSPS) is 9.93. The largest absolute Gasteiger partial charge is 0.463 e. The fourth-order valence-corrected chi connectivity index (χ4v) is 1.33. The molecule has 0 bridgehead atoms. The number of aromatic nitrogens is 2. The summed E-state index contributed by atoms with van der Waals surface area (Å²) in [6.07, 6.45) is 4.54. The average Bonchev–Trinajstić information content (AvgIpc) is 2.84. The topological polar surface area (TPSA) is 65.6 Å². The van der Waals surface area contributed by atoms with Crippen LogP contribution in [0.3, 0.4) is 0 Å². The first-order valence-corrected chi connectivity index (χ1v) is 4.35. The molecule has 0 aliphatic rings. The minimum atomic E-state index is 0.493. The third-order valence-electron chi connectivity index (χ3n) is 1.99. The van der Waals surface area contributed by atoms with E-state index in [2.05, 4.69) is 16.3 Å². The third kappa shape index (κ3) is 1.52. The van der Waals surface area contributed by atoms with Crippen molar-refractivity contribution in [3.63, 3.8) is 0 Å². The Balaban J connectivity index is 2.27. The molecule has 4 heteroatoms. The summed E-state index contributed by atoms with van der Waals surface area (Å²) >= 11 is 0. The van der Waals surface area contributed by atoms with E-state index in [-0.39, 0.29) is 0 Å². The number of nitrogens with one attached hydrogen (secondary N) is 1. The molecule has 0 saturated heterocycles. The van der Waals surface area contributed by atoms with Crippen molar-refractivity contribution in [2.45, 2.75) is 12.8 Å². The highest BCUT2D eigenvalue weighted by atomic mass is 16.3. The van der Waals surface area contributed by atoms with E-state index in [1.807, 2.05) is 12.1 Å². The number of furan rings is 1. The van der Waals surface area contributed by atoms with Crippen LogP contribution in [0.1, 0.15) is 12.0 Å². The molecule has 0 radical (unpaired) electrons. The Morgan fingerprint density at radius 2 is 2.50 bits per heavy atom. The zero-order valence-electron chi connectivity index (χ0n) is 7.53. The molecule has 0 aromatic carbocycles. The fraction of sp³-hybridized carbons (Fsp3) is 0.200. The highest BCUT2D eigenvalue weighted by Crippen LogP contribution is 2.21. The van der Waals surface area contributed by atoms with Crippen molar-refractivity contribution in [2.24, 2.45) is 0 Å². The lowest BCUT2D eigenvalue weighted by Gasteiger charge is -1.95. The Morgan fingerprint density at radius 1 is 1.57 bits per heavy atom. The van der Waals surface area contributed by atoms with E-state index in [1.54, 1.807) is 12.5 Å². The average molecular weight is 187 g/mol. The molecule has 2 aromatic rings. The summed E-state index contributed by atoms with van der Waals surface area (Å²) in [4.78, 5) is 0. The number of H-pyrrole nitrogens is 1. The van der Waals surface area contributed by atoms with Crippen molar-refractivity contribution in [3.8, 4) is 17.5 Å². The molecule has 2 rings (SSSR count). The summed E-state index contributed by atoms with van der Waals surface area (Å²) in [6.45, 7) is 0. The van der Waals surface area contributed by atoms with Gasteiger partial charge in [-0.1, -0.05) is 0 Å². The van der Waals surface area contributed by atoms with Crippen LogP contribution in [0.15, 0.2) is 29.0 Å². The lowest BCUT2D eigenvalue weighted by Crippen LogP contribution is -1.84. The van der Waals surface area contributed by atoms with Crippen LogP contribution in [-0.2, 0) is 6.42 Å². The second-order valence-electron chi connectivity index (χ2n) is 2.91. The van der Waals surface area contributed by atoms with Gasteiger partial charge in [-0.15, -0.1) is 0 Å². The van der Waals surface area contributed by atoms with Crippen molar-refractivity contribution >= 4 is 0 Å². The molecule has 0 saturated carbocycles. The van der Waals surface area contributed by atoms with Gasteiger partial charge in [0.25, 0.3) is 0 Å². The van der Waals surface area contributed by atoms with E-state index >= 15 is 0 Å². The van der Waals surface area contributed by atoms with Crippen LogP contribution < -0.4 is 0 Å². The molecule has 14 heavy (non-hydrogen) atoms. The van der Waals surface area contributed by atoms with E-state index in [4.69, 9.17) is 9.68 Å². The molecule has 0 aliphatic heterocycles.